The van der Waals surface area contributed by atoms with Gasteiger partial charge in [0.2, 0.25) is 0 Å². The van der Waals surface area contributed by atoms with Gasteiger partial charge in [0.05, 0.1) is 14.2 Å². The molecule has 2 N–H and O–H groups in total. The lowest BCUT2D eigenvalue weighted by Gasteiger charge is -2.29. The molecule has 0 bridgehead atoms. The van der Waals surface area contributed by atoms with Crippen LogP contribution in [0, 0.1) is 0 Å². The number of methoxy groups -OCH3 is 2. The maximum absolute atomic E-state index is 6.02. The number of fused-ring (bicyclic) bond motifs is 2. The van der Waals surface area contributed by atoms with Crippen molar-refractivity contribution in [1.82, 2.24) is 0 Å². The van der Waals surface area contributed by atoms with Crippen molar-refractivity contribution in [2.45, 2.75) is 12.3 Å². The fourth-order valence-electron chi connectivity index (χ4n) is 3.16. The molecule has 0 saturated heterocycles. The molecule has 0 heterocycles. The first-order valence-corrected chi connectivity index (χ1v) is 6.81. The van der Waals surface area contributed by atoms with Gasteiger partial charge in [0, 0.05) is 24.4 Å². The Kier molecular flexibility index (Phi) is 3.36. The Morgan fingerprint density at radius 2 is 1.85 bits per heavy atom. The summed E-state index contributed by atoms with van der Waals surface area (Å²) in [5, 5.41) is 0. The molecule has 1 aliphatic carbocycles. The van der Waals surface area contributed by atoms with Gasteiger partial charge in [-0.1, -0.05) is 30.3 Å². The first kappa shape index (κ1) is 13.0. The van der Waals surface area contributed by atoms with Crippen LogP contribution in [0.5, 0.6) is 11.5 Å². The van der Waals surface area contributed by atoms with E-state index in [0.717, 1.165) is 17.9 Å². The Labute approximate surface area is 119 Å². The van der Waals surface area contributed by atoms with E-state index in [1.807, 2.05) is 6.07 Å². The lowest BCUT2D eigenvalue weighted by Crippen LogP contribution is -2.21. The van der Waals surface area contributed by atoms with Gasteiger partial charge in [-0.3, -0.25) is 0 Å². The molecule has 3 heteroatoms. The molecular weight excluding hydrogens is 250 g/mol. The van der Waals surface area contributed by atoms with E-state index in [9.17, 15) is 0 Å². The number of hydrogen-bond donors (Lipinski definition) is 1. The van der Waals surface area contributed by atoms with Gasteiger partial charge in [-0.05, 0) is 22.8 Å². The second-order valence-electron chi connectivity index (χ2n) is 5.03. The van der Waals surface area contributed by atoms with Gasteiger partial charge >= 0.3 is 0 Å². The minimum Gasteiger partial charge on any atom is -0.493 e. The predicted octanol–water partition coefficient (Wildman–Crippen LogP) is 2.70. The third kappa shape index (κ3) is 1.86. The van der Waals surface area contributed by atoms with E-state index in [1.54, 1.807) is 14.2 Å². The van der Waals surface area contributed by atoms with Gasteiger partial charge in [-0.15, -0.1) is 0 Å². The van der Waals surface area contributed by atoms with Crippen LogP contribution >= 0.6 is 0 Å². The van der Waals surface area contributed by atoms with Crippen LogP contribution in [-0.4, -0.2) is 20.8 Å². The van der Waals surface area contributed by atoms with Gasteiger partial charge in [0.25, 0.3) is 0 Å². The second kappa shape index (κ2) is 5.17. The third-order valence-electron chi connectivity index (χ3n) is 4.09. The summed E-state index contributed by atoms with van der Waals surface area (Å²) in [6.07, 6.45) is 0.863. The predicted molar refractivity (Wildman–Crippen MR) is 79.7 cm³/mol. The molecule has 20 heavy (non-hydrogen) atoms. The molecule has 2 aromatic rings. The van der Waals surface area contributed by atoms with Crippen LogP contribution < -0.4 is 15.2 Å². The minimum atomic E-state index is 0.231. The summed E-state index contributed by atoms with van der Waals surface area (Å²) >= 11 is 0. The average Bonchev–Trinajstić information content (AvgIpc) is 2.51. The fourth-order valence-corrected chi connectivity index (χ4v) is 3.16. The average molecular weight is 269 g/mol. The van der Waals surface area contributed by atoms with E-state index in [1.165, 1.54) is 22.3 Å². The molecule has 0 aromatic heterocycles. The van der Waals surface area contributed by atoms with Gasteiger partial charge in [0.15, 0.2) is 11.5 Å². The highest BCUT2D eigenvalue weighted by Gasteiger charge is 2.27. The van der Waals surface area contributed by atoms with Crippen molar-refractivity contribution in [3.63, 3.8) is 0 Å². The molecule has 0 amide bonds. The van der Waals surface area contributed by atoms with Gasteiger partial charge in [0.1, 0.15) is 0 Å². The highest BCUT2D eigenvalue weighted by atomic mass is 16.5. The molecule has 0 saturated carbocycles. The summed E-state index contributed by atoms with van der Waals surface area (Å²) in [5.74, 6) is 1.84. The first-order chi connectivity index (χ1) is 9.80. The van der Waals surface area contributed by atoms with E-state index in [4.69, 9.17) is 15.2 Å². The molecule has 1 atom stereocenters. The zero-order chi connectivity index (χ0) is 14.1. The first-order valence-electron chi connectivity index (χ1n) is 6.81. The topological polar surface area (TPSA) is 44.5 Å². The van der Waals surface area contributed by atoms with Crippen LogP contribution in [0.15, 0.2) is 36.4 Å². The van der Waals surface area contributed by atoms with Crippen LogP contribution in [0.2, 0.25) is 0 Å². The monoisotopic (exact) mass is 269 g/mol. The molecule has 0 radical (unpaired) electrons. The van der Waals surface area contributed by atoms with Crippen molar-refractivity contribution in [3.05, 3.63) is 58.7 Å². The Bertz CT molecular complexity index is 637. The Hall–Kier alpha value is -2.00. The van der Waals surface area contributed by atoms with E-state index >= 15 is 0 Å². The van der Waals surface area contributed by atoms with Gasteiger partial charge in [-0.25, -0.2) is 0 Å². The zero-order valence-corrected chi connectivity index (χ0v) is 11.8. The van der Waals surface area contributed by atoms with Crippen LogP contribution in [0.25, 0.3) is 0 Å². The van der Waals surface area contributed by atoms with Crippen molar-refractivity contribution in [2.24, 2.45) is 5.73 Å². The number of benzene rings is 2. The third-order valence-corrected chi connectivity index (χ3v) is 4.09. The molecular formula is C17H19NO2. The number of nitrogens with two attached hydrogens (primary N) is 1. The van der Waals surface area contributed by atoms with Crippen LogP contribution in [0.1, 0.15) is 28.2 Å². The Morgan fingerprint density at radius 1 is 1.05 bits per heavy atom. The normalized spacial score (nSPS) is 16.2. The smallest absolute Gasteiger partial charge is 0.164 e. The summed E-state index contributed by atoms with van der Waals surface area (Å²) in [4.78, 5) is 0. The van der Waals surface area contributed by atoms with E-state index in [0.29, 0.717) is 6.54 Å². The Morgan fingerprint density at radius 3 is 2.55 bits per heavy atom. The quantitative estimate of drug-likeness (QED) is 0.931. The molecule has 104 valence electrons. The molecule has 3 nitrogen and oxygen atoms in total. The number of hydrogen-bond acceptors (Lipinski definition) is 3. The standard InChI is InChI=1S/C17H19NO2/c1-19-16-8-7-13-14(17(16)20-2)9-11-5-3-4-6-12(11)15(13)10-18/h3-8,15H,9-10,18H2,1-2H3/t15-/m0/s1. The molecule has 2 aromatic carbocycles. The summed E-state index contributed by atoms with van der Waals surface area (Å²) in [7, 11) is 3.36. The van der Waals surface area contributed by atoms with E-state index < -0.39 is 0 Å². The summed E-state index contributed by atoms with van der Waals surface area (Å²) in [5.41, 5.74) is 11.1. The summed E-state index contributed by atoms with van der Waals surface area (Å²) in [6, 6.07) is 12.6. The Balaban J connectivity index is 2.21. The zero-order valence-electron chi connectivity index (χ0n) is 11.8. The highest BCUT2D eigenvalue weighted by molar-refractivity contribution is 5.59. The van der Waals surface area contributed by atoms with Crippen molar-refractivity contribution in [2.75, 3.05) is 20.8 Å². The molecule has 3 rings (SSSR count). The molecule has 0 spiro atoms. The lowest BCUT2D eigenvalue weighted by atomic mass is 9.77. The molecule has 0 fully saturated rings. The van der Waals surface area contributed by atoms with E-state index in [2.05, 4.69) is 30.3 Å². The molecule has 1 aliphatic rings. The number of rotatable bonds is 3. The summed E-state index contributed by atoms with van der Waals surface area (Å²) < 4.78 is 11.0. The minimum absolute atomic E-state index is 0.231. The fraction of sp³-hybridized carbons (Fsp3) is 0.294. The van der Waals surface area contributed by atoms with Crippen molar-refractivity contribution < 1.29 is 9.47 Å². The van der Waals surface area contributed by atoms with Crippen LogP contribution in [0.3, 0.4) is 0 Å². The lowest BCUT2D eigenvalue weighted by molar-refractivity contribution is 0.351. The SMILES string of the molecule is COc1ccc2c(c1OC)Cc1ccccc1[C@@H]2CN. The van der Waals surface area contributed by atoms with Crippen LogP contribution in [0.4, 0.5) is 0 Å². The second-order valence-corrected chi connectivity index (χ2v) is 5.03. The molecule has 0 aliphatic heterocycles. The maximum Gasteiger partial charge on any atom is 0.164 e. The van der Waals surface area contributed by atoms with E-state index in [-0.39, 0.29) is 5.92 Å². The number of ether oxygens (including phenoxy) is 2. The van der Waals surface area contributed by atoms with Crippen molar-refractivity contribution in [1.29, 1.82) is 0 Å². The maximum atomic E-state index is 6.02. The highest BCUT2D eigenvalue weighted by Crippen LogP contribution is 2.43. The molecule has 0 unspecified atom stereocenters. The van der Waals surface area contributed by atoms with Crippen LogP contribution in [-0.2, 0) is 6.42 Å². The van der Waals surface area contributed by atoms with Gasteiger partial charge in [-0.2, -0.15) is 0 Å². The largest absolute Gasteiger partial charge is 0.493 e. The van der Waals surface area contributed by atoms with Gasteiger partial charge < -0.3 is 15.2 Å². The van der Waals surface area contributed by atoms with Crippen molar-refractivity contribution in [3.8, 4) is 11.5 Å². The van der Waals surface area contributed by atoms with Crippen molar-refractivity contribution >= 4 is 0 Å². The summed E-state index contributed by atoms with van der Waals surface area (Å²) in [6.45, 7) is 0.597.